The van der Waals surface area contributed by atoms with E-state index in [1.807, 2.05) is 0 Å². The Balaban J connectivity index is 1.47. The number of hydrogen-bond acceptors (Lipinski definition) is 1. The molecule has 1 N–H and O–H groups in total. The predicted octanol–water partition coefficient (Wildman–Crippen LogP) is 7.94. The first kappa shape index (κ1) is 22.6. The lowest BCUT2D eigenvalue weighted by molar-refractivity contribution is -0.0571. The van der Waals surface area contributed by atoms with E-state index >= 15 is 0 Å². The standard InChI is InChI=1S/C29H48O/c1-7-19(2)20(3)8-9-21(4)25-12-13-26-24-11-10-22-18-23(30)14-16-28(22,5)27(24)15-17-29(25,26)6/h10,19,21,23-27,30H,3,7-9,11-18H2,1-2,4-6H3/t19-,21+,23-,24-,25+,26-,27-,28-,29+/m0/s1. The summed E-state index contributed by atoms with van der Waals surface area (Å²) < 4.78 is 0. The van der Waals surface area contributed by atoms with Gasteiger partial charge in [-0.15, -0.1) is 0 Å². The number of aliphatic hydroxyl groups excluding tert-OH is 1. The van der Waals surface area contributed by atoms with Crippen molar-refractivity contribution in [3.8, 4) is 0 Å². The third-order valence-electron chi connectivity index (χ3n) is 11.1. The van der Waals surface area contributed by atoms with E-state index in [0.717, 1.165) is 42.4 Å². The van der Waals surface area contributed by atoms with Crippen molar-refractivity contribution in [2.24, 2.45) is 46.3 Å². The largest absolute Gasteiger partial charge is 0.393 e. The Hall–Kier alpha value is -0.560. The number of aliphatic hydroxyl groups is 1. The molecular weight excluding hydrogens is 364 g/mol. The molecule has 3 saturated carbocycles. The molecule has 0 unspecified atom stereocenters. The van der Waals surface area contributed by atoms with Gasteiger partial charge in [0.2, 0.25) is 0 Å². The molecule has 0 saturated heterocycles. The van der Waals surface area contributed by atoms with Crippen LogP contribution >= 0.6 is 0 Å². The van der Waals surface area contributed by atoms with Gasteiger partial charge in [-0.2, -0.15) is 0 Å². The van der Waals surface area contributed by atoms with Gasteiger partial charge in [-0.05, 0) is 117 Å². The lowest BCUT2D eigenvalue weighted by Gasteiger charge is -2.58. The van der Waals surface area contributed by atoms with Crippen LogP contribution in [-0.4, -0.2) is 11.2 Å². The van der Waals surface area contributed by atoms with Gasteiger partial charge < -0.3 is 5.11 Å². The van der Waals surface area contributed by atoms with Crippen LogP contribution in [0.25, 0.3) is 0 Å². The SMILES string of the molecule is C=C(CC[C@@H](C)[C@H]1CC[C@H]2[C@@H]3CC=C4C[C@@H](O)CC[C@]4(C)[C@H]3CC[C@]12C)[C@@H](C)CC. The summed E-state index contributed by atoms with van der Waals surface area (Å²) in [5.74, 6) is 5.08. The molecule has 170 valence electrons. The van der Waals surface area contributed by atoms with Crippen LogP contribution in [0.5, 0.6) is 0 Å². The molecule has 4 aliphatic carbocycles. The number of allylic oxidation sites excluding steroid dienone is 2. The zero-order chi connectivity index (χ0) is 21.7. The summed E-state index contributed by atoms with van der Waals surface area (Å²) in [7, 11) is 0. The van der Waals surface area contributed by atoms with Gasteiger partial charge in [0.25, 0.3) is 0 Å². The van der Waals surface area contributed by atoms with Crippen LogP contribution in [-0.2, 0) is 0 Å². The Morgan fingerprint density at radius 2 is 1.90 bits per heavy atom. The van der Waals surface area contributed by atoms with Gasteiger partial charge in [0.1, 0.15) is 0 Å². The maximum Gasteiger partial charge on any atom is 0.0577 e. The summed E-state index contributed by atoms with van der Waals surface area (Å²) in [6.07, 6.45) is 16.5. The van der Waals surface area contributed by atoms with Crippen molar-refractivity contribution < 1.29 is 5.11 Å². The summed E-state index contributed by atoms with van der Waals surface area (Å²) in [4.78, 5) is 0. The molecule has 0 amide bonds. The molecule has 0 aromatic heterocycles. The maximum atomic E-state index is 10.2. The minimum atomic E-state index is -0.0865. The highest BCUT2D eigenvalue weighted by molar-refractivity contribution is 5.25. The molecule has 0 spiro atoms. The molecule has 30 heavy (non-hydrogen) atoms. The molecule has 0 radical (unpaired) electrons. The topological polar surface area (TPSA) is 20.2 Å². The van der Waals surface area contributed by atoms with Gasteiger partial charge in [-0.25, -0.2) is 0 Å². The predicted molar refractivity (Wildman–Crippen MR) is 128 cm³/mol. The molecule has 0 bridgehead atoms. The molecule has 4 rings (SSSR count). The Morgan fingerprint density at radius 1 is 1.13 bits per heavy atom. The fourth-order valence-corrected chi connectivity index (χ4v) is 8.77. The smallest absolute Gasteiger partial charge is 0.0577 e. The highest BCUT2D eigenvalue weighted by atomic mass is 16.3. The fraction of sp³-hybridized carbons (Fsp3) is 0.862. The number of fused-ring (bicyclic) bond motifs is 5. The number of hydrogen-bond donors (Lipinski definition) is 1. The van der Waals surface area contributed by atoms with Gasteiger partial charge in [0.15, 0.2) is 0 Å². The van der Waals surface area contributed by atoms with E-state index < -0.39 is 0 Å². The van der Waals surface area contributed by atoms with Crippen LogP contribution in [0.3, 0.4) is 0 Å². The summed E-state index contributed by atoms with van der Waals surface area (Å²) in [6.45, 7) is 16.8. The Labute approximate surface area is 186 Å². The Bertz CT molecular complexity index is 676. The van der Waals surface area contributed by atoms with Crippen molar-refractivity contribution in [1.29, 1.82) is 0 Å². The van der Waals surface area contributed by atoms with Gasteiger partial charge >= 0.3 is 0 Å². The van der Waals surface area contributed by atoms with Crippen LogP contribution < -0.4 is 0 Å². The minimum Gasteiger partial charge on any atom is -0.393 e. The molecule has 0 aromatic rings. The average Bonchev–Trinajstić information content (AvgIpc) is 3.09. The monoisotopic (exact) mass is 412 g/mol. The average molecular weight is 413 g/mol. The molecule has 9 atom stereocenters. The van der Waals surface area contributed by atoms with Gasteiger partial charge in [-0.3, -0.25) is 0 Å². The van der Waals surface area contributed by atoms with Crippen LogP contribution in [0.2, 0.25) is 0 Å². The summed E-state index contributed by atoms with van der Waals surface area (Å²) in [6, 6.07) is 0. The zero-order valence-corrected chi connectivity index (χ0v) is 20.6. The van der Waals surface area contributed by atoms with E-state index in [4.69, 9.17) is 0 Å². The molecule has 3 fully saturated rings. The molecule has 0 heterocycles. The first-order chi connectivity index (χ1) is 14.2. The second kappa shape index (κ2) is 8.42. The van der Waals surface area contributed by atoms with E-state index in [-0.39, 0.29) is 6.10 Å². The van der Waals surface area contributed by atoms with Crippen molar-refractivity contribution in [2.75, 3.05) is 0 Å². The normalized spacial score (nSPS) is 45.0. The van der Waals surface area contributed by atoms with Crippen molar-refractivity contribution in [2.45, 2.75) is 111 Å². The van der Waals surface area contributed by atoms with Crippen LogP contribution in [0, 0.1) is 46.3 Å². The van der Waals surface area contributed by atoms with Crippen LogP contribution in [0.4, 0.5) is 0 Å². The lowest BCUT2D eigenvalue weighted by atomic mass is 9.47. The third kappa shape index (κ3) is 3.66. The molecule has 4 aliphatic rings. The molecule has 0 aliphatic heterocycles. The minimum absolute atomic E-state index is 0.0865. The van der Waals surface area contributed by atoms with Gasteiger partial charge in [0.05, 0.1) is 6.10 Å². The van der Waals surface area contributed by atoms with Crippen molar-refractivity contribution in [3.05, 3.63) is 23.8 Å². The van der Waals surface area contributed by atoms with Crippen LogP contribution in [0.1, 0.15) is 105 Å². The first-order valence-electron chi connectivity index (χ1n) is 13.3. The zero-order valence-electron chi connectivity index (χ0n) is 20.6. The fourth-order valence-electron chi connectivity index (χ4n) is 8.77. The molecule has 1 heteroatoms. The molecule has 1 nitrogen and oxygen atoms in total. The van der Waals surface area contributed by atoms with E-state index in [0.29, 0.717) is 16.7 Å². The maximum absolute atomic E-state index is 10.2. The third-order valence-corrected chi connectivity index (χ3v) is 11.1. The molecule has 0 aromatic carbocycles. The van der Waals surface area contributed by atoms with Gasteiger partial charge in [-0.1, -0.05) is 58.4 Å². The second-order valence-corrected chi connectivity index (χ2v) is 12.4. The van der Waals surface area contributed by atoms with Crippen molar-refractivity contribution >= 4 is 0 Å². The highest BCUT2D eigenvalue weighted by Gasteiger charge is 2.59. The molecular formula is C29H48O. The Morgan fingerprint density at radius 3 is 2.63 bits per heavy atom. The second-order valence-electron chi connectivity index (χ2n) is 12.4. The van der Waals surface area contributed by atoms with Crippen LogP contribution in [0.15, 0.2) is 23.8 Å². The van der Waals surface area contributed by atoms with E-state index in [9.17, 15) is 5.11 Å². The van der Waals surface area contributed by atoms with Gasteiger partial charge in [0, 0.05) is 0 Å². The van der Waals surface area contributed by atoms with E-state index in [1.54, 1.807) is 5.57 Å². The summed E-state index contributed by atoms with van der Waals surface area (Å²) in [5, 5.41) is 10.2. The summed E-state index contributed by atoms with van der Waals surface area (Å²) >= 11 is 0. The lowest BCUT2D eigenvalue weighted by Crippen LogP contribution is -2.50. The first-order valence-corrected chi connectivity index (χ1v) is 13.3. The quantitative estimate of drug-likeness (QED) is 0.439. The Kier molecular flexibility index (Phi) is 6.35. The number of rotatable bonds is 6. The van der Waals surface area contributed by atoms with Crippen molar-refractivity contribution in [1.82, 2.24) is 0 Å². The highest BCUT2D eigenvalue weighted by Crippen LogP contribution is 2.67. The van der Waals surface area contributed by atoms with E-state index in [2.05, 4.69) is 47.3 Å². The summed E-state index contributed by atoms with van der Waals surface area (Å²) in [5.41, 5.74) is 4.01. The van der Waals surface area contributed by atoms with Crippen molar-refractivity contribution in [3.63, 3.8) is 0 Å². The van der Waals surface area contributed by atoms with E-state index in [1.165, 1.54) is 63.4 Å².